The van der Waals surface area contributed by atoms with Gasteiger partial charge in [-0.3, -0.25) is 4.31 Å². The van der Waals surface area contributed by atoms with Gasteiger partial charge >= 0.3 is 0 Å². The van der Waals surface area contributed by atoms with Crippen LogP contribution in [-0.4, -0.2) is 18.0 Å². The Morgan fingerprint density at radius 2 is 1.88 bits per heavy atom. The lowest BCUT2D eigenvalue weighted by Crippen LogP contribution is -2.30. The number of aromatic nitrogens is 2. The maximum absolute atomic E-state index is 13.1. The van der Waals surface area contributed by atoms with Gasteiger partial charge in [-0.25, -0.2) is 4.98 Å². The second-order valence-electron chi connectivity index (χ2n) is 5.35. The van der Waals surface area contributed by atoms with E-state index in [2.05, 4.69) is 20.9 Å². The number of imidazole rings is 1. The molecule has 0 spiro atoms. The Morgan fingerprint density at radius 1 is 1.12 bits per heavy atom. The number of nitrogens with zero attached hydrogens (tertiary/aromatic N) is 3. The van der Waals surface area contributed by atoms with E-state index in [1.165, 1.54) is 16.8 Å². The fourth-order valence-corrected chi connectivity index (χ4v) is 4.13. The van der Waals surface area contributed by atoms with Gasteiger partial charge in [0.05, 0.1) is 18.6 Å². The van der Waals surface area contributed by atoms with Gasteiger partial charge in [0, 0.05) is 17.7 Å². The fourth-order valence-electron chi connectivity index (χ4n) is 2.33. The molecule has 0 fully saturated rings. The summed E-state index contributed by atoms with van der Waals surface area (Å²) in [5, 5.41) is 0.0286. The van der Waals surface area contributed by atoms with Crippen LogP contribution in [0.25, 0.3) is 0 Å². The first-order valence-electron chi connectivity index (χ1n) is 7.27. The molecular formula is C17H16BrN3O2S. The van der Waals surface area contributed by atoms with Gasteiger partial charge in [0.2, 0.25) is 0 Å². The Balaban J connectivity index is 2.08. The van der Waals surface area contributed by atoms with Crippen LogP contribution in [0.2, 0.25) is 0 Å². The van der Waals surface area contributed by atoms with Gasteiger partial charge in [0.25, 0.3) is 10.0 Å². The lowest BCUT2D eigenvalue weighted by molar-refractivity contribution is 0.587. The zero-order valence-corrected chi connectivity index (χ0v) is 15.4. The van der Waals surface area contributed by atoms with Gasteiger partial charge in [-0.15, -0.1) is 0 Å². The number of anilines is 1. The summed E-state index contributed by atoms with van der Waals surface area (Å²) in [4.78, 5) is 4.02. The highest BCUT2D eigenvalue weighted by Gasteiger charge is 2.27. The highest BCUT2D eigenvalue weighted by atomic mass is 79.9. The van der Waals surface area contributed by atoms with Gasteiger partial charge in [0.1, 0.15) is 0 Å². The molecule has 0 bridgehead atoms. The minimum absolute atomic E-state index is 0.0286. The third-order valence-electron chi connectivity index (χ3n) is 3.50. The highest BCUT2D eigenvalue weighted by Crippen LogP contribution is 2.27. The molecule has 7 heteroatoms. The average Bonchev–Trinajstić information content (AvgIpc) is 3.01. The molecule has 5 nitrogen and oxygen atoms in total. The largest absolute Gasteiger partial charge is 0.339 e. The first kappa shape index (κ1) is 16.7. The zero-order valence-electron chi connectivity index (χ0n) is 13.0. The van der Waals surface area contributed by atoms with Crippen molar-refractivity contribution in [2.45, 2.75) is 11.6 Å². The SMILES string of the molecule is Cn1cnc(S(=O)(=O)N(Cc2ccccc2)c2cccc(Br)c2)c1. The van der Waals surface area contributed by atoms with E-state index < -0.39 is 10.0 Å². The first-order chi connectivity index (χ1) is 11.5. The van der Waals surface area contributed by atoms with Gasteiger partial charge in [-0.1, -0.05) is 52.3 Å². The molecule has 0 aliphatic rings. The molecule has 0 saturated heterocycles. The molecule has 0 aliphatic carbocycles. The number of hydrogen-bond donors (Lipinski definition) is 0. The van der Waals surface area contributed by atoms with E-state index in [0.717, 1.165) is 10.0 Å². The van der Waals surface area contributed by atoms with Crippen LogP contribution in [0.4, 0.5) is 5.69 Å². The molecular weight excluding hydrogens is 390 g/mol. The van der Waals surface area contributed by atoms with Gasteiger partial charge in [-0.2, -0.15) is 8.42 Å². The molecule has 2 aromatic carbocycles. The minimum atomic E-state index is -3.77. The van der Waals surface area contributed by atoms with Gasteiger partial charge in [-0.05, 0) is 23.8 Å². The molecule has 1 aromatic heterocycles. The molecule has 0 radical (unpaired) electrons. The van der Waals surface area contributed by atoms with Crippen LogP contribution < -0.4 is 4.31 Å². The molecule has 3 aromatic rings. The second-order valence-corrected chi connectivity index (χ2v) is 8.08. The molecule has 0 amide bonds. The van der Waals surface area contributed by atoms with E-state index in [-0.39, 0.29) is 11.6 Å². The molecule has 24 heavy (non-hydrogen) atoms. The summed E-state index contributed by atoms with van der Waals surface area (Å²) in [6.07, 6.45) is 2.99. The van der Waals surface area contributed by atoms with Crippen LogP contribution in [0.3, 0.4) is 0 Å². The molecule has 124 valence electrons. The average molecular weight is 406 g/mol. The number of rotatable bonds is 5. The predicted octanol–water partition coefficient (Wildman–Crippen LogP) is 3.58. The van der Waals surface area contributed by atoms with Crippen LogP contribution in [0.15, 0.2) is 76.6 Å². The number of aryl methyl sites for hydroxylation is 1. The van der Waals surface area contributed by atoms with Crippen molar-refractivity contribution in [2.75, 3.05) is 4.31 Å². The van der Waals surface area contributed by atoms with Crippen molar-refractivity contribution in [1.29, 1.82) is 0 Å². The topological polar surface area (TPSA) is 55.2 Å². The standard InChI is InChI=1S/C17H16BrN3O2S/c1-20-12-17(19-13-20)24(22,23)21(11-14-6-3-2-4-7-14)16-9-5-8-15(18)10-16/h2-10,12-13H,11H2,1H3. The fraction of sp³-hybridized carbons (Fsp3) is 0.118. The summed E-state index contributed by atoms with van der Waals surface area (Å²) < 4.78 is 30.0. The normalized spacial score (nSPS) is 11.4. The Kier molecular flexibility index (Phi) is 4.73. The summed E-state index contributed by atoms with van der Waals surface area (Å²) in [6, 6.07) is 16.7. The van der Waals surface area contributed by atoms with Gasteiger partial charge < -0.3 is 4.57 Å². The molecule has 1 heterocycles. The Hall–Kier alpha value is -2.12. The molecule has 0 atom stereocenters. The van der Waals surface area contributed by atoms with Crippen LogP contribution in [0.1, 0.15) is 5.56 Å². The van der Waals surface area contributed by atoms with Crippen LogP contribution in [-0.2, 0) is 23.6 Å². The lowest BCUT2D eigenvalue weighted by atomic mass is 10.2. The van der Waals surface area contributed by atoms with Gasteiger partial charge in [0.15, 0.2) is 5.03 Å². The smallest absolute Gasteiger partial charge is 0.283 e. The number of hydrogen-bond acceptors (Lipinski definition) is 3. The van der Waals surface area contributed by atoms with E-state index in [9.17, 15) is 8.42 Å². The van der Waals surface area contributed by atoms with Crippen molar-refractivity contribution in [3.8, 4) is 0 Å². The molecule has 0 aliphatic heterocycles. The van der Waals surface area contributed by atoms with Crippen molar-refractivity contribution in [1.82, 2.24) is 9.55 Å². The van der Waals surface area contributed by atoms with E-state index >= 15 is 0 Å². The van der Waals surface area contributed by atoms with Crippen LogP contribution >= 0.6 is 15.9 Å². The van der Waals surface area contributed by atoms with Crippen LogP contribution in [0.5, 0.6) is 0 Å². The Bertz CT molecular complexity index is 939. The van der Waals surface area contributed by atoms with Crippen molar-refractivity contribution < 1.29 is 8.42 Å². The summed E-state index contributed by atoms with van der Waals surface area (Å²) in [7, 11) is -2.02. The quantitative estimate of drug-likeness (QED) is 0.651. The number of sulfonamides is 1. The Morgan fingerprint density at radius 3 is 2.50 bits per heavy atom. The maximum Gasteiger partial charge on any atom is 0.283 e. The van der Waals surface area contributed by atoms with Crippen molar-refractivity contribution >= 4 is 31.6 Å². The van der Waals surface area contributed by atoms with E-state index in [4.69, 9.17) is 0 Å². The lowest BCUT2D eigenvalue weighted by Gasteiger charge is -2.23. The van der Waals surface area contributed by atoms with Crippen molar-refractivity contribution in [3.05, 3.63) is 77.2 Å². The summed E-state index contributed by atoms with van der Waals surface area (Å²) >= 11 is 3.40. The van der Waals surface area contributed by atoms with E-state index in [1.807, 2.05) is 42.5 Å². The zero-order chi connectivity index (χ0) is 17.2. The second kappa shape index (κ2) is 6.78. The highest BCUT2D eigenvalue weighted by molar-refractivity contribution is 9.10. The van der Waals surface area contributed by atoms with E-state index in [1.54, 1.807) is 23.7 Å². The maximum atomic E-state index is 13.1. The Labute approximate surface area is 149 Å². The number of halogens is 1. The van der Waals surface area contributed by atoms with E-state index in [0.29, 0.717) is 5.69 Å². The monoisotopic (exact) mass is 405 g/mol. The first-order valence-corrected chi connectivity index (χ1v) is 9.50. The third kappa shape index (κ3) is 3.52. The molecule has 0 unspecified atom stereocenters. The van der Waals surface area contributed by atoms with Crippen LogP contribution in [0, 0.1) is 0 Å². The summed E-state index contributed by atoms with van der Waals surface area (Å²) in [5.74, 6) is 0. The van der Waals surface area contributed by atoms with Crippen molar-refractivity contribution in [3.63, 3.8) is 0 Å². The summed E-state index contributed by atoms with van der Waals surface area (Å²) in [6.45, 7) is 0.232. The predicted molar refractivity (Wildman–Crippen MR) is 97.2 cm³/mol. The minimum Gasteiger partial charge on any atom is -0.339 e. The molecule has 0 saturated carbocycles. The molecule has 3 rings (SSSR count). The number of benzene rings is 2. The molecule has 0 N–H and O–H groups in total. The van der Waals surface area contributed by atoms with Crippen molar-refractivity contribution in [2.24, 2.45) is 7.05 Å². The summed E-state index contributed by atoms with van der Waals surface area (Å²) in [5.41, 5.74) is 1.48. The third-order valence-corrected chi connectivity index (χ3v) is 5.65.